The molecule has 1 aliphatic carbocycles. The number of hydrogen-bond acceptors (Lipinski definition) is 2. The minimum Gasteiger partial charge on any atom is -0.346 e. The van der Waals surface area contributed by atoms with Gasteiger partial charge in [-0.1, -0.05) is 22.9 Å². The van der Waals surface area contributed by atoms with E-state index in [1.165, 1.54) is 12.8 Å². The molecule has 0 saturated heterocycles. The van der Waals surface area contributed by atoms with Crippen LogP contribution in [0.4, 0.5) is 0 Å². The molecule has 2 nitrogen and oxygen atoms in total. The topological polar surface area (TPSA) is 29.1 Å². The van der Waals surface area contributed by atoms with E-state index in [0.29, 0.717) is 0 Å². The molecule has 0 aliphatic heterocycles. The Kier molecular flexibility index (Phi) is 4.49. The molecule has 0 aromatic carbocycles. The van der Waals surface area contributed by atoms with Crippen LogP contribution in [0.15, 0.2) is 10.8 Å². The van der Waals surface area contributed by atoms with Crippen molar-refractivity contribution in [2.75, 3.05) is 5.33 Å². The molecule has 1 aliphatic rings. The molecular formula is C14H20BrNOS. The summed E-state index contributed by atoms with van der Waals surface area (Å²) >= 11 is 5.18. The fourth-order valence-electron chi connectivity index (χ4n) is 2.51. The summed E-state index contributed by atoms with van der Waals surface area (Å²) in [6.07, 6.45) is 4.56. The highest BCUT2D eigenvalue weighted by atomic mass is 79.9. The van der Waals surface area contributed by atoms with Gasteiger partial charge in [-0.2, -0.15) is 11.3 Å². The number of carbonyl (C=O) groups excluding carboxylic acids is 1. The highest BCUT2D eigenvalue weighted by Crippen LogP contribution is 2.33. The summed E-state index contributed by atoms with van der Waals surface area (Å²) in [6, 6.07) is 0. The zero-order valence-corrected chi connectivity index (χ0v) is 13.4. The molecule has 1 fully saturated rings. The molecule has 1 aromatic rings. The van der Waals surface area contributed by atoms with E-state index in [0.717, 1.165) is 35.2 Å². The van der Waals surface area contributed by atoms with Gasteiger partial charge >= 0.3 is 0 Å². The van der Waals surface area contributed by atoms with Crippen LogP contribution in [-0.4, -0.2) is 16.8 Å². The van der Waals surface area contributed by atoms with Crippen LogP contribution in [-0.2, 0) is 0 Å². The average Bonchev–Trinajstić information content (AvgIpc) is 2.79. The molecule has 1 N–H and O–H groups in total. The maximum Gasteiger partial charge on any atom is 0.252 e. The van der Waals surface area contributed by atoms with Crippen LogP contribution in [0.25, 0.3) is 0 Å². The number of aryl methyl sites for hydroxylation is 1. The summed E-state index contributed by atoms with van der Waals surface area (Å²) in [5, 5.41) is 8.08. The van der Waals surface area contributed by atoms with Gasteiger partial charge in [-0.05, 0) is 49.5 Å². The summed E-state index contributed by atoms with van der Waals surface area (Å²) < 4.78 is 0. The maximum atomic E-state index is 12.3. The molecule has 1 amide bonds. The standard InChI is InChI=1S/C14H20BrNOS/c1-10-3-5-14(9-15,6-4-10)16-13(17)12-8-18-7-11(12)2/h7-8,10H,3-6,9H2,1-2H3,(H,16,17). The van der Waals surface area contributed by atoms with E-state index in [9.17, 15) is 4.79 Å². The molecule has 100 valence electrons. The second-order valence-corrected chi connectivity index (χ2v) is 6.82. The molecular weight excluding hydrogens is 310 g/mol. The number of hydrogen-bond donors (Lipinski definition) is 1. The highest BCUT2D eigenvalue weighted by Gasteiger charge is 2.35. The summed E-state index contributed by atoms with van der Waals surface area (Å²) in [7, 11) is 0. The third kappa shape index (κ3) is 2.97. The first kappa shape index (κ1) is 14.1. The molecule has 1 aromatic heterocycles. The first-order valence-electron chi connectivity index (χ1n) is 6.47. The molecule has 0 radical (unpaired) electrons. The largest absolute Gasteiger partial charge is 0.346 e. The van der Waals surface area contributed by atoms with Crippen molar-refractivity contribution in [3.63, 3.8) is 0 Å². The Labute approximate surface area is 121 Å². The smallest absolute Gasteiger partial charge is 0.252 e. The molecule has 1 saturated carbocycles. The van der Waals surface area contributed by atoms with Crippen molar-refractivity contribution < 1.29 is 4.79 Å². The fraction of sp³-hybridized carbons (Fsp3) is 0.643. The van der Waals surface area contributed by atoms with Crippen molar-refractivity contribution in [1.82, 2.24) is 5.32 Å². The molecule has 18 heavy (non-hydrogen) atoms. The maximum absolute atomic E-state index is 12.3. The van der Waals surface area contributed by atoms with Crippen LogP contribution in [0.1, 0.15) is 48.5 Å². The predicted octanol–water partition coefficient (Wildman–Crippen LogP) is 4.13. The van der Waals surface area contributed by atoms with Gasteiger partial charge in [0, 0.05) is 10.7 Å². The Morgan fingerprint density at radius 3 is 2.67 bits per heavy atom. The zero-order chi connectivity index (χ0) is 13.2. The third-order valence-electron chi connectivity index (χ3n) is 3.97. The lowest BCUT2D eigenvalue weighted by Crippen LogP contribution is -2.52. The second-order valence-electron chi connectivity index (χ2n) is 5.52. The number of thiophene rings is 1. The molecule has 0 spiro atoms. The van der Waals surface area contributed by atoms with Gasteiger partial charge < -0.3 is 5.32 Å². The number of rotatable bonds is 3. The van der Waals surface area contributed by atoms with Crippen molar-refractivity contribution in [1.29, 1.82) is 0 Å². The van der Waals surface area contributed by atoms with Gasteiger partial charge in [0.25, 0.3) is 5.91 Å². The number of amides is 1. The third-order valence-corrected chi connectivity index (χ3v) is 5.90. The monoisotopic (exact) mass is 329 g/mol. The van der Waals surface area contributed by atoms with Crippen LogP contribution in [0.3, 0.4) is 0 Å². The van der Waals surface area contributed by atoms with Crippen molar-refractivity contribution in [2.24, 2.45) is 5.92 Å². The van der Waals surface area contributed by atoms with Crippen LogP contribution >= 0.6 is 27.3 Å². The van der Waals surface area contributed by atoms with E-state index in [1.807, 2.05) is 17.7 Å². The summed E-state index contributed by atoms with van der Waals surface area (Å²) in [4.78, 5) is 12.3. The molecule has 2 rings (SSSR count). The molecule has 0 bridgehead atoms. The van der Waals surface area contributed by atoms with Crippen LogP contribution in [0.2, 0.25) is 0 Å². The summed E-state index contributed by atoms with van der Waals surface area (Å²) in [5.74, 6) is 0.875. The molecule has 0 unspecified atom stereocenters. The van der Waals surface area contributed by atoms with Crippen molar-refractivity contribution in [2.45, 2.75) is 45.1 Å². The number of nitrogens with one attached hydrogen (secondary N) is 1. The average molecular weight is 330 g/mol. The van der Waals surface area contributed by atoms with E-state index < -0.39 is 0 Å². The Hall–Kier alpha value is -0.350. The minimum absolute atomic E-state index is 0.0437. The number of carbonyl (C=O) groups is 1. The molecule has 4 heteroatoms. The molecule has 1 heterocycles. The zero-order valence-electron chi connectivity index (χ0n) is 11.0. The lowest BCUT2D eigenvalue weighted by molar-refractivity contribution is 0.0874. The minimum atomic E-state index is -0.0437. The van der Waals surface area contributed by atoms with Crippen LogP contribution in [0.5, 0.6) is 0 Å². The molecule has 0 atom stereocenters. The Morgan fingerprint density at radius 1 is 1.50 bits per heavy atom. The quantitative estimate of drug-likeness (QED) is 0.830. The van der Waals surface area contributed by atoms with Gasteiger partial charge in [0.05, 0.1) is 11.1 Å². The number of alkyl halides is 1. The van der Waals surface area contributed by atoms with Gasteiger partial charge in [-0.3, -0.25) is 4.79 Å². The van der Waals surface area contributed by atoms with Crippen molar-refractivity contribution in [3.8, 4) is 0 Å². The Bertz CT molecular complexity index is 421. The van der Waals surface area contributed by atoms with Gasteiger partial charge in [0.2, 0.25) is 0 Å². The SMILES string of the molecule is Cc1cscc1C(=O)NC1(CBr)CCC(C)CC1. The van der Waals surface area contributed by atoms with E-state index in [-0.39, 0.29) is 11.4 Å². The van der Waals surface area contributed by atoms with E-state index in [2.05, 4.69) is 28.2 Å². The lowest BCUT2D eigenvalue weighted by atomic mass is 9.78. The van der Waals surface area contributed by atoms with E-state index in [4.69, 9.17) is 0 Å². The van der Waals surface area contributed by atoms with Gasteiger partial charge in [-0.25, -0.2) is 0 Å². The van der Waals surface area contributed by atoms with E-state index in [1.54, 1.807) is 11.3 Å². The lowest BCUT2D eigenvalue weighted by Gasteiger charge is -2.39. The first-order valence-corrected chi connectivity index (χ1v) is 8.54. The summed E-state index contributed by atoms with van der Waals surface area (Å²) in [6.45, 7) is 4.29. The second kappa shape index (κ2) is 5.74. The predicted molar refractivity (Wildman–Crippen MR) is 80.7 cm³/mol. The Morgan fingerprint density at radius 2 is 2.17 bits per heavy atom. The normalized spacial score (nSPS) is 28.1. The van der Waals surface area contributed by atoms with Gasteiger partial charge in [-0.15, -0.1) is 0 Å². The highest BCUT2D eigenvalue weighted by molar-refractivity contribution is 9.09. The fourth-order valence-corrected chi connectivity index (χ4v) is 4.04. The van der Waals surface area contributed by atoms with E-state index >= 15 is 0 Å². The number of halogens is 1. The summed E-state index contributed by atoms with van der Waals surface area (Å²) in [5.41, 5.74) is 1.86. The van der Waals surface area contributed by atoms with Crippen LogP contribution in [0, 0.1) is 12.8 Å². The first-order chi connectivity index (χ1) is 8.56. The van der Waals surface area contributed by atoms with Crippen molar-refractivity contribution in [3.05, 3.63) is 21.9 Å². The van der Waals surface area contributed by atoms with Gasteiger partial charge in [0.15, 0.2) is 0 Å². The van der Waals surface area contributed by atoms with Crippen molar-refractivity contribution >= 4 is 33.2 Å². The Balaban J connectivity index is 2.07. The van der Waals surface area contributed by atoms with Gasteiger partial charge in [0.1, 0.15) is 0 Å². The van der Waals surface area contributed by atoms with Crippen LogP contribution < -0.4 is 5.32 Å².